The topological polar surface area (TPSA) is 66.9 Å². The van der Waals surface area contributed by atoms with Crippen LogP contribution in [0.1, 0.15) is 30.8 Å². The molecule has 0 unspecified atom stereocenters. The first-order valence-corrected chi connectivity index (χ1v) is 8.06. The fourth-order valence-corrected chi connectivity index (χ4v) is 2.32. The molecule has 0 bridgehead atoms. The number of benzene rings is 1. The Bertz CT molecular complexity index is 654. The zero-order chi connectivity index (χ0) is 16.8. The van der Waals surface area contributed by atoms with Crippen LogP contribution in [0.15, 0.2) is 30.3 Å². The van der Waals surface area contributed by atoms with E-state index in [4.69, 9.17) is 23.2 Å². The van der Waals surface area contributed by atoms with Crippen LogP contribution in [0.4, 0.5) is 11.5 Å². The second-order valence-corrected chi connectivity index (χ2v) is 6.28. The third-order valence-electron chi connectivity index (χ3n) is 3.13. The number of carbonyl (C=O) groups excluding carboxylic acids is 1. The summed E-state index contributed by atoms with van der Waals surface area (Å²) in [5.41, 5.74) is 0.553. The lowest BCUT2D eigenvalue weighted by atomic mass is 10.1. The van der Waals surface area contributed by atoms with Gasteiger partial charge in [0.15, 0.2) is 5.69 Å². The van der Waals surface area contributed by atoms with Gasteiger partial charge in [0.25, 0.3) is 5.91 Å². The van der Waals surface area contributed by atoms with Gasteiger partial charge in [-0.05, 0) is 36.6 Å². The Morgan fingerprint density at radius 3 is 2.39 bits per heavy atom. The number of rotatable bonds is 6. The van der Waals surface area contributed by atoms with Crippen LogP contribution in [0.5, 0.6) is 0 Å². The second-order valence-electron chi connectivity index (χ2n) is 5.46. The van der Waals surface area contributed by atoms with Crippen molar-refractivity contribution in [2.45, 2.75) is 20.3 Å². The molecule has 7 heteroatoms. The molecule has 2 rings (SSSR count). The van der Waals surface area contributed by atoms with Gasteiger partial charge in [0, 0.05) is 6.54 Å². The molecular weight excluding hydrogens is 335 g/mol. The highest BCUT2D eigenvalue weighted by atomic mass is 35.5. The lowest BCUT2D eigenvalue weighted by Gasteiger charge is -2.09. The average molecular weight is 353 g/mol. The number of anilines is 2. The first-order chi connectivity index (χ1) is 11.0. The molecule has 122 valence electrons. The molecule has 0 aliphatic carbocycles. The van der Waals surface area contributed by atoms with Crippen LogP contribution in [0.3, 0.4) is 0 Å². The van der Waals surface area contributed by atoms with E-state index in [1.807, 2.05) is 0 Å². The van der Waals surface area contributed by atoms with Crippen molar-refractivity contribution in [3.05, 3.63) is 46.1 Å². The van der Waals surface area contributed by atoms with E-state index < -0.39 is 5.91 Å². The van der Waals surface area contributed by atoms with Crippen molar-refractivity contribution < 1.29 is 4.79 Å². The van der Waals surface area contributed by atoms with Crippen LogP contribution in [0.25, 0.3) is 0 Å². The second kappa shape index (κ2) is 8.13. The zero-order valence-electron chi connectivity index (χ0n) is 12.9. The van der Waals surface area contributed by atoms with Gasteiger partial charge < -0.3 is 10.6 Å². The van der Waals surface area contributed by atoms with Crippen molar-refractivity contribution in [3.8, 4) is 0 Å². The summed E-state index contributed by atoms with van der Waals surface area (Å²) >= 11 is 12.0. The number of nitrogens with zero attached hydrogens (tertiary/aromatic N) is 2. The van der Waals surface area contributed by atoms with Crippen molar-refractivity contribution in [1.82, 2.24) is 10.2 Å². The van der Waals surface area contributed by atoms with Gasteiger partial charge in [-0.3, -0.25) is 4.79 Å². The number of halogens is 2. The minimum Gasteiger partial charge on any atom is -0.369 e. The molecule has 1 amide bonds. The van der Waals surface area contributed by atoms with Gasteiger partial charge >= 0.3 is 0 Å². The van der Waals surface area contributed by atoms with E-state index in [2.05, 4.69) is 34.7 Å². The molecular formula is C16H18Cl2N4O. The van der Waals surface area contributed by atoms with Crippen LogP contribution < -0.4 is 10.6 Å². The van der Waals surface area contributed by atoms with Gasteiger partial charge in [-0.2, -0.15) is 0 Å². The van der Waals surface area contributed by atoms with Crippen molar-refractivity contribution in [2.75, 3.05) is 17.2 Å². The first kappa shape index (κ1) is 17.5. The van der Waals surface area contributed by atoms with E-state index in [0.29, 0.717) is 27.5 Å². The standard InChI is InChI=1S/C16H18Cl2N4O/c1-10(2)8-9-19-14-7-6-13(21-22-14)16(23)20-15-11(17)4-3-5-12(15)18/h3-7,10H,8-9H2,1-2H3,(H,19,22)(H,20,23). The number of carbonyl (C=O) groups is 1. The van der Waals surface area contributed by atoms with Gasteiger partial charge in [0.05, 0.1) is 15.7 Å². The van der Waals surface area contributed by atoms with E-state index in [1.54, 1.807) is 30.3 Å². The number of aromatic nitrogens is 2. The van der Waals surface area contributed by atoms with Crippen molar-refractivity contribution in [2.24, 2.45) is 5.92 Å². The number of amides is 1. The summed E-state index contributed by atoms with van der Waals surface area (Å²) in [6.45, 7) is 5.12. The zero-order valence-corrected chi connectivity index (χ0v) is 14.4. The van der Waals surface area contributed by atoms with Gasteiger partial charge in [-0.1, -0.05) is 43.1 Å². The monoisotopic (exact) mass is 352 g/mol. The normalized spacial score (nSPS) is 10.7. The largest absolute Gasteiger partial charge is 0.369 e. The highest BCUT2D eigenvalue weighted by molar-refractivity contribution is 6.39. The summed E-state index contributed by atoms with van der Waals surface area (Å²) < 4.78 is 0. The average Bonchev–Trinajstić information content (AvgIpc) is 2.51. The van der Waals surface area contributed by atoms with Crippen LogP contribution >= 0.6 is 23.2 Å². The molecule has 0 fully saturated rings. The molecule has 5 nitrogen and oxygen atoms in total. The molecule has 23 heavy (non-hydrogen) atoms. The number of hydrogen-bond acceptors (Lipinski definition) is 4. The Labute approximate surface area is 145 Å². The summed E-state index contributed by atoms with van der Waals surface area (Å²) in [5.74, 6) is 0.833. The van der Waals surface area contributed by atoms with E-state index in [1.165, 1.54) is 0 Å². The molecule has 2 N–H and O–H groups in total. The molecule has 0 saturated heterocycles. The summed E-state index contributed by atoms with van der Waals surface area (Å²) in [6, 6.07) is 8.33. The molecule has 0 radical (unpaired) electrons. The third-order valence-corrected chi connectivity index (χ3v) is 3.76. The summed E-state index contributed by atoms with van der Waals surface area (Å²) in [4.78, 5) is 12.2. The Hall–Kier alpha value is -1.85. The number of para-hydroxylation sites is 1. The van der Waals surface area contributed by atoms with Gasteiger partial charge in [0.2, 0.25) is 0 Å². The fraction of sp³-hybridized carbons (Fsp3) is 0.312. The maximum atomic E-state index is 12.2. The van der Waals surface area contributed by atoms with Crippen LogP contribution in [-0.2, 0) is 0 Å². The predicted molar refractivity (Wildman–Crippen MR) is 94.4 cm³/mol. The molecule has 0 aliphatic rings. The molecule has 0 atom stereocenters. The Kier molecular flexibility index (Phi) is 6.19. The quantitative estimate of drug-likeness (QED) is 0.803. The maximum Gasteiger partial charge on any atom is 0.276 e. The minimum absolute atomic E-state index is 0.190. The Morgan fingerprint density at radius 2 is 1.83 bits per heavy atom. The van der Waals surface area contributed by atoms with Crippen molar-refractivity contribution in [1.29, 1.82) is 0 Å². The lowest BCUT2D eigenvalue weighted by Crippen LogP contribution is -2.15. The number of nitrogens with one attached hydrogen (secondary N) is 2. The van der Waals surface area contributed by atoms with E-state index >= 15 is 0 Å². The molecule has 1 aromatic carbocycles. The summed E-state index contributed by atoms with van der Waals surface area (Å²) in [5, 5.41) is 14.5. The van der Waals surface area contributed by atoms with Gasteiger partial charge in [-0.25, -0.2) is 0 Å². The van der Waals surface area contributed by atoms with Crippen LogP contribution in [-0.4, -0.2) is 22.6 Å². The Morgan fingerprint density at radius 1 is 1.13 bits per heavy atom. The molecule has 1 aromatic heterocycles. The van der Waals surface area contributed by atoms with Gasteiger partial charge in [0.1, 0.15) is 5.82 Å². The highest BCUT2D eigenvalue weighted by Gasteiger charge is 2.13. The van der Waals surface area contributed by atoms with Crippen molar-refractivity contribution in [3.63, 3.8) is 0 Å². The van der Waals surface area contributed by atoms with E-state index in [0.717, 1.165) is 13.0 Å². The van der Waals surface area contributed by atoms with Crippen molar-refractivity contribution >= 4 is 40.6 Å². The summed E-state index contributed by atoms with van der Waals surface area (Å²) in [6.07, 6.45) is 1.04. The SMILES string of the molecule is CC(C)CCNc1ccc(C(=O)Nc2c(Cl)cccc2Cl)nn1. The van der Waals surface area contributed by atoms with Gasteiger partial charge in [-0.15, -0.1) is 10.2 Å². The first-order valence-electron chi connectivity index (χ1n) is 7.30. The molecule has 2 aromatic rings. The van der Waals surface area contributed by atoms with Crippen LogP contribution in [0.2, 0.25) is 10.0 Å². The van der Waals surface area contributed by atoms with E-state index in [-0.39, 0.29) is 5.69 Å². The van der Waals surface area contributed by atoms with Crippen LogP contribution in [0, 0.1) is 5.92 Å². The number of hydrogen-bond donors (Lipinski definition) is 2. The fourth-order valence-electron chi connectivity index (χ4n) is 1.83. The predicted octanol–water partition coefficient (Wildman–Crippen LogP) is 4.49. The maximum absolute atomic E-state index is 12.2. The third kappa shape index (κ3) is 5.08. The highest BCUT2D eigenvalue weighted by Crippen LogP contribution is 2.30. The lowest BCUT2D eigenvalue weighted by molar-refractivity contribution is 0.102. The molecule has 0 saturated carbocycles. The molecule has 0 aliphatic heterocycles. The Balaban J connectivity index is 2.00. The molecule has 0 spiro atoms. The minimum atomic E-state index is -0.416. The molecule has 1 heterocycles. The van der Waals surface area contributed by atoms with E-state index in [9.17, 15) is 4.79 Å². The smallest absolute Gasteiger partial charge is 0.276 e. The summed E-state index contributed by atoms with van der Waals surface area (Å²) in [7, 11) is 0.